The minimum absolute atomic E-state index is 0.273. The van der Waals surface area contributed by atoms with Gasteiger partial charge in [0.05, 0.1) is 12.8 Å². The van der Waals surface area contributed by atoms with Gasteiger partial charge in [-0.15, -0.1) is 0 Å². The molecule has 3 heterocycles. The fourth-order valence-corrected chi connectivity index (χ4v) is 2.90. The van der Waals surface area contributed by atoms with Gasteiger partial charge in [-0.1, -0.05) is 35.5 Å². The van der Waals surface area contributed by atoms with Crippen molar-refractivity contribution in [1.29, 1.82) is 0 Å². The van der Waals surface area contributed by atoms with Crippen LogP contribution in [0.5, 0.6) is 5.88 Å². The molecule has 0 radical (unpaired) electrons. The highest BCUT2D eigenvalue weighted by Crippen LogP contribution is 2.29. The Balaban J connectivity index is 1.65. The second-order valence-electron chi connectivity index (χ2n) is 6.16. The fourth-order valence-electron chi connectivity index (χ4n) is 2.90. The van der Waals surface area contributed by atoms with Crippen molar-refractivity contribution in [2.75, 3.05) is 12.4 Å². The van der Waals surface area contributed by atoms with Crippen molar-refractivity contribution in [3.05, 3.63) is 72.5 Å². The molecule has 3 aromatic heterocycles. The van der Waals surface area contributed by atoms with Crippen LogP contribution in [0.1, 0.15) is 16.1 Å². The van der Waals surface area contributed by atoms with Crippen LogP contribution in [0.25, 0.3) is 22.5 Å². The van der Waals surface area contributed by atoms with Crippen molar-refractivity contribution in [3.8, 4) is 28.4 Å². The molecule has 0 aliphatic rings. The van der Waals surface area contributed by atoms with Gasteiger partial charge in [-0.3, -0.25) is 4.79 Å². The average Bonchev–Trinajstić information content (AvgIpc) is 3.16. The zero-order valence-electron chi connectivity index (χ0n) is 15.8. The maximum absolute atomic E-state index is 13.0. The molecule has 1 amide bonds. The van der Waals surface area contributed by atoms with Crippen molar-refractivity contribution in [3.63, 3.8) is 0 Å². The van der Waals surface area contributed by atoms with E-state index in [1.54, 1.807) is 31.5 Å². The Kier molecular flexibility index (Phi) is 4.98. The number of benzene rings is 1. The summed E-state index contributed by atoms with van der Waals surface area (Å²) in [4.78, 5) is 25.4. The number of aryl methyl sites for hydroxylation is 1. The van der Waals surface area contributed by atoms with Crippen molar-refractivity contribution >= 4 is 11.6 Å². The summed E-state index contributed by atoms with van der Waals surface area (Å²) in [5.41, 5.74) is 3.43. The summed E-state index contributed by atoms with van der Waals surface area (Å²) in [6, 6.07) is 12.9. The van der Waals surface area contributed by atoms with E-state index in [0.717, 1.165) is 11.1 Å². The van der Waals surface area contributed by atoms with E-state index in [4.69, 9.17) is 9.26 Å². The van der Waals surface area contributed by atoms with Gasteiger partial charge in [-0.25, -0.2) is 15.0 Å². The highest BCUT2D eigenvalue weighted by atomic mass is 16.5. The Morgan fingerprint density at radius 3 is 2.52 bits per heavy atom. The van der Waals surface area contributed by atoms with Crippen LogP contribution in [0, 0.1) is 6.92 Å². The highest BCUT2D eigenvalue weighted by molar-refractivity contribution is 6.09. The van der Waals surface area contributed by atoms with E-state index in [0.29, 0.717) is 28.4 Å². The predicted molar refractivity (Wildman–Crippen MR) is 106 cm³/mol. The summed E-state index contributed by atoms with van der Waals surface area (Å²) >= 11 is 0. The van der Waals surface area contributed by atoms with Gasteiger partial charge in [0.15, 0.2) is 0 Å². The molecule has 0 fully saturated rings. The number of carbonyl (C=O) groups excluding carboxylic acids is 1. The molecule has 4 rings (SSSR count). The highest BCUT2D eigenvalue weighted by Gasteiger charge is 2.23. The van der Waals surface area contributed by atoms with Gasteiger partial charge in [0.25, 0.3) is 5.91 Å². The van der Waals surface area contributed by atoms with Gasteiger partial charge < -0.3 is 14.6 Å². The topological polar surface area (TPSA) is 103 Å². The number of nitrogens with one attached hydrogen (secondary N) is 1. The lowest BCUT2D eigenvalue weighted by atomic mass is 10.1. The first kappa shape index (κ1) is 18.3. The molecule has 0 saturated heterocycles. The molecule has 8 nitrogen and oxygen atoms in total. The quantitative estimate of drug-likeness (QED) is 0.556. The maximum Gasteiger partial charge on any atom is 0.261 e. The molecule has 0 aliphatic heterocycles. The largest absolute Gasteiger partial charge is 0.479 e. The molecule has 29 heavy (non-hydrogen) atoms. The van der Waals surface area contributed by atoms with Crippen LogP contribution in [-0.4, -0.2) is 33.1 Å². The Morgan fingerprint density at radius 1 is 1.03 bits per heavy atom. The minimum Gasteiger partial charge on any atom is -0.479 e. The molecule has 144 valence electrons. The van der Waals surface area contributed by atoms with Crippen LogP contribution in [0.3, 0.4) is 0 Å². The normalized spacial score (nSPS) is 10.6. The Morgan fingerprint density at radius 2 is 1.79 bits per heavy atom. The van der Waals surface area contributed by atoms with E-state index in [2.05, 4.69) is 25.4 Å². The van der Waals surface area contributed by atoms with Gasteiger partial charge in [0, 0.05) is 23.5 Å². The lowest BCUT2D eigenvalue weighted by molar-refractivity contribution is 0.102. The lowest BCUT2D eigenvalue weighted by Gasteiger charge is -2.11. The second kappa shape index (κ2) is 7.89. The number of amides is 1. The smallest absolute Gasteiger partial charge is 0.261 e. The molecule has 0 bridgehead atoms. The zero-order chi connectivity index (χ0) is 20.2. The number of hydrogen-bond acceptors (Lipinski definition) is 7. The zero-order valence-corrected chi connectivity index (χ0v) is 15.8. The first-order valence-corrected chi connectivity index (χ1v) is 8.81. The SMILES string of the molecule is COc1nc(-c2cncnc2)ccc1NC(=O)c1c(-c2ccccc2)noc1C. The number of nitrogens with zero attached hydrogens (tertiary/aromatic N) is 4. The van der Waals surface area contributed by atoms with Crippen LogP contribution in [0.2, 0.25) is 0 Å². The van der Waals surface area contributed by atoms with Crippen molar-refractivity contribution in [2.24, 2.45) is 0 Å². The number of methoxy groups -OCH3 is 1. The van der Waals surface area contributed by atoms with E-state index in [9.17, 15) is 4.79 Å². The summed E-state index contributed by atoms with van der Waals surface area (Å²) < 4.78 is 10.6. The molecule has 4 aromatic rings. The van der Waals surface area contributed by atoms with Crippen LogP contribution >= 0.6 is 0 Å². The van der Waals surface area contributed by atoms with Gasteiger partial charge in [0.2, 0.25) is 5.88 Å². The third kappa shape index (κ3) is 3.68. The van der Waals surface area contributed by atoms with Crippen molar-refractivity contribution < 1.29 is 14.1 Å². The third-order valence-corrected chi connectivity index (χ3v) is 4.30. The second-order valence-corrected chi connectivity index (χ2v) is 6.16. The third-order valence-electron chi connectivity index (χ3n) is 4.30. The number of aromatic nitrogens is 4. The molecule has 0 atom stereocenters. The number of carbonyl (C=O) groups is 1. The number of hydrogen-bond donors (Lipinski definition) is 1. The van der Waals surface area contributed by atoms with Crippen LogP contribution in [0.4, 0.5) is 5.69 Å². The molecule has 1 aromatic carbocycles. The van der Waals surface area contributed by atoms with E-state index in [1.165, 1.54) is 13.4 Å². The molecule has 0 aliphatic carbocycles. The Labute approximate surface area is 166 Å². The number of rotatable bonds is 5. The summed E-state index contributed by atoms with van der Waals surface area (Å²) in [6.45, 7) is 1.70. The van der Waals surface area contributed by atoms with Crippen LogP contribution < -0.4 is 10.1 Å². The molecule has 8 heteroatoms. The maximum atomic E-state index is 13.0. The molecular weight excluding hydrogens is 370 g/mol. The molecule has 0 spiro atoms. The van der Waals surface area contributed by atoms with E-state index in [-0.39, 0.29) is 11.8 Å². The summed E-state index contributed by atoms with van der Waals surface area (Å²) in [5, 5.41) is 6.88. The van der Waals surface area contributed by atoms with Gasteiger partial charge in [-0.05, 0) is 19.1 Å². The van der Waals surface area contributed by atoms with E-state index in [1.807, 2.05) is 30.3 Å². The average molecular weight is 387 g/mol. The van der Waals surface area contributed by atoms with Gasteiger partial charge in [-0.2, -0.15) is 0 Å². The Bertz CT molecular complexity index is 1140. The number of pyridine rings is 1. The van der Waals surface area contributed by atoms with E-state index >= 15 is 0 Å². The standard InChI is InChI=1S/C21H17N5O3/c1-13-18(19(26-29-13)14-6-4-3-5-7-14)20(27)24-17-9-8-16(25-21(17)28-2)15-10-22-12-23-11-15/h3-12H,1-2H3,(H,24,27). The van der Waals surface area contributed by atoms with Crippen LogP contribution in [-0.2, 0) is 0 Å². The summed E-state index contributed by atoms with van der Waals surface area (Å²) in [6.07, 6.45) is 4.75. The van der Waals surface area contributed by atoms with Crippen LogP contribution in [0.15, 0.2) is 65.7 Å². The lowest BCUT2D eigenvalue weighted by Crippen LogP contribution is -2.14. The first-order chi connectivity index (χ1) is 14.2. The molecule has 1 N–H and O–H groups in total. The minimum atomic E-state index is -0.363. The number of anilines is 1. The molecule has 0 unspecified atom stereocenters. The summed E-state index contributed by atoms with van der Waals surface area (Å²) in [5.74, 6) is 0.333. The monoisotopic (exact) mass is 387 g/mol. The molecular formula is C21H17N5O3. The summed E-state index contributed by atoms with van der Waals surface area (Å²) in [7, 11) is 1.49. The van der Waals surface area contributed by atoms with Gasteiger partial charge >= 0.3 is 0 Å². The van der Waals surface area contributed by atoms with Crippen molar-refractivity contribution in [1.82, 2.24) is 20.1 Å². The van der Waals surface area contributed by atoms with Gasteiger partial charge in [0.1, 0.15) is 29.0 Å². The number of ether oxygens (including phenoxy) is 1. The van der Waals surface area contributed by atoms with Crippen molar-refractivity contribution in [2.45, 2.75) is 6.92 Å². The predicted octanol–water partition coefficient (Wildman–Crippen LogP) is 3.76. The molecule has 0 saturated carbocycles. The fraction of sp³-hybridized carbons (Fsp3) is 0.0952. The first-order valence-electron chi connectivity index (χ1n) is 8.81. The Hall–Kier alpha value is -4.07. The van der Waals surface area contributed by atoms with E-state index < -0.39 is 0 Å².